The van der Waals surface area contributed by atoms with Crippen LogP contribution in [-0.4, -0.2) is 73.4 Å². The summed E-state index contributed by atoms with van der Waals surface area (Å²) in [5.74, 6) is -0.195. The Morgan fingerprint density at radius 1 is 0.529 bits per heavy atom. The Balaban J connectivity index is 3.90. The van der Waals surface area contributed by atoms with Crippen molar-refractivity contribution in [2.45, 2.75) is 231 Å². The highest BCUT2D eigenvalue weighted by atomic mass is 31.2. The van der Waals surface area contributed by atoms with Crippen molar-refractivity contribution in [2.24, 2.45) is 0 Å². The minimum atomic E-state index is -4.35. The summed E-state index contributed by atoms with van der Waals surface area (Å²) < 4.78 is 23.5. The number of unbranched alkanes of at least 4 members (excludes halogenated alkanes) is 23. The maximum Gasteiger partial charge on any atom is 0.472 e. The summed E-state index contributed by atoms with van der Waals surface area (Å²) >= 11 is 0. The van der Waals surface area contributed by atoms with Gasteiger partial charge in [-0.3, -0.25) is 13.8 Å². The summed E-state index contributed by atoms with van der Waals surface area (Å²) in [7, 11) is 1.54. The number of aliphatic hydroxyl groups excluding tert-OH is 1. The second-order valence-electron chi connectivity index (χ2n) is 19.6. The number of phosphoric acid groups is 1. The molecule has 68 heavy (non-hydrogen) atoms. The minimum absolute atomic E-state index is 0.0508. The molecular weight excluding hydrogens is 864 g/mol. The number of carbonyl (C=O) groups is 1. The lowest BCUT2D eigenvalue weighted by atomic mass is 10.0. The molecule has 0 fully saturated rings. The van der Waals surface area contributed by atoms with Crippen molar-refractivity contribution >= 4 is 13.7 Å². The highest BCUT2D eigenvalue weighted by molar-refractivity contribution is 7.47. The van der Waals surface area contributed by atoms with E-state index in [1.807, 2.05) is 34.1 Å². The van der Waals surface area contributed by atoms with Crippen LogP contribution < -0.4 is 5.32 Å². The van der Waals surface area contributed by atoms with Crippen LogP contribution in [0.2, 0.25) is 0 Å². The van der Waals surface area contributed by atoms with Crippen molar-refractivity contribution in [1.29, 1.82) is 0 Å². The third kappa shape index (κ3) is 51.3. The molecule has 0 heterocycles. The van der Waals surface area contributed by atoms with Gasteiger partial charge in [0.2, 0.25) is 5.91 Å². The molecule has 0 rings (SSSR count). The number of amides is 1. The number of allylic oxidation sites excluding steroid dienone is 15. The molecule has 1 amide bonds. The van der Waals surface area contributed by atoms with Gasteiger partial charge in [0.05, 0.1) is 39.9 Å². The molecule has 3 unspecified atom stereocenters. The van der Waals surface area contributed by atoms with Gasteiger partial charge < -0.3 is 19.8 Å². The van der Waals surface area contributed by atoms with Crippen LogP contribution in [0.4, 0.5) is 0 Å². The SMILES string of the molecule is C/C=C/CC/C=C/CC/C=C/C(O)C(COP(=O)(O)OCC[N+](C)(C)C)NC(=O)CCCCCCCCCCCCCCCCCCCCCCC/C=C\C/C=C\C/C=C\C/C=C\C/C=C\CC. The molecule has 0 aromatic heterocycles. The van der Waals surface area contributed by atoms with Gasteiger partial charge in [0.15, 0.2) is 0 Å². The molecule has 0 aliphatic rings. The Labute approximate surface area is 419 Å². The topological polar surface area (TPSA) is 105 Å². The van der Waals surface area contributed by atoms with Crippen LogP contribution in [0.3, 0.4) is 0 Å². The second kappa shape index (κ2) is 49.4. The lowest BCUT2D eigenvalue weighted by Crippen LogP contribution is -2.45. The summed E-state index contributed by atoms with van der Waals surface area (Å²) in [6, 6.07) is -0.870. The highest BCUT2D eigenvalue weighted by Gasteiger charge is 2.27. The smallest absolute Gasteiger partial charge is 0.387 e. The summed E-state index contributed by atoms with van der Waals surface area (Å²) in [6.07, 6.45) is 71.3. The normalized spacial score (nSPS) is 14.8. The van der Waals surface area contributed by atoms with Gasteiger partial charge in [-0.25, -0.2) is 4.57 Å². The fraction of sp³-hybridized carbons (Fsp3) is 0.712. The zero-order chi connectivity index (χ0) is 49.9. The van der Waals surface area contributed by atoms with Crippen LogP contribution in [-0.2, 0) is 18.4 Å². The monoisotopic (exact) mass is 970 g/mol. The maximum atomic E-state index is 12.9. The lowest BCUT2D eigenvalue weighted by Gasteiger charge is -2.25. The molecule has 0 bridgehead atoms. The van der Waals surface area contributed by atoms with Crippen LogP contribution >= 0.6 is 7.82 Å². The van der Waals surface area contributed by atoms with Crippen LogP contribution in [0.5, 0.6) is 0 Å². The summed E-state index contributed by atoms with van der Waals surface area (Å²) in [5.41, 5.74) is 0. The quantitative estimate of drug-likeness (QED) is 0.0243. The Bertz CT molecular complexity index is 1420. The fourth-order valence-corrected chi connectivity index (χ4v) is 8.31. The van der Waals surface area contributed by atoms with Crippen LogP contribution in [0, 0.1) is 0 Å². The van der Waals surface area contributed by atoms with E-state index in [0.717, 1.165) is 77.0 Å². The first-order valence-corrected chi connectivity index (χ1v) is 29.1. The van der Waals surface area contributed by atoms with E-state index in [0.29, 0.717) is 17.4 Å². The zero-order valence-corrected chi connectivity index (χ0v) is 45.5. The van der Waals surface area contributed by atoms with Crippen LogP contribution in [0.25, 0.3) is 0 Å². The summed E-state index contributed by atoms with van der Waals surface area (Å²) in [6.45, 7) is 4.43. The van der Waals surface area contributed by atoms with Crippen LogP contribution in [0.15, 0.2) is 97.2 Å². The Hall–Kier alpha value is -2.58. The molecule has 3 atom stereocenters. The minimum Gasteiger partial charge on any atom is -0.387 e. The molecule has 0 aliphatic carbocycles. The van der Waals surface area contributed by atoms with E-state index in [2.05, 4.69) is 97.3 Å². The molecule has 0 saturated heterocycles. The van der Waals surface area contributed by atoms with Gasteiger partial charge in [-0.2, -0.15) is 0 Å². The molecule has 8 nitrogen and oxygen atoms in total. The molecule has 0 aromatic rings. The predicted molar refractivity (Wildman–Crippen MR) is 295 cm³/mol. The van der Waals surface area contributed by atoms with Crippen LogP contribution in [0.1, 0.15) is 219 Å². The predicted octanol–water partition coefficient (Wildman–Crippen LogP) is 16.6. The average Bonchev–Trinajstić information content (AvgIpc) is 3.30. The van der Waals surface area contributed by atoms with E-state index in [-0.39, 0.29) is 19.1 Å². The van der Waals surface area contributed by atoms with E-state index in [4.69, 9.17) is 9.05 Å². The first-order valence-electron chi connectivity index (χ1n) is 27.6. The standard InChI is InChI=1S/C59H105N2O6P/c1-6-8-10-12-14-16-17-18-19-20-21-22-23-24-25-26-27-28-29-30-31-32-33-34-35-36-37-38-39-40-41-42-43-45-47-49-51-53-59(63)60-57(56-67-68(64,65)66-55-54-61(3,4)5)58(62)52-50-48-46-44-15-13-11-9-7-2/h7-10,14-16,18-19,21-22,24-25,44,50,52,57-58,62H,6,11-13,17,20,23,26-43,45-49,51,53-56H2,1-5H3,(H-,60,63,64,65)/p+1/b9-7+,10-8-,16-14-,19-18-,22-21-,25-24-,44-15+,52-50+. The molecule has 9 heteroatoms. The molecule has 0 aliphatic heterocycles. The Kier molecular flexibility index (Phi) is 47.5. The molecule has 0 radical (unpaired) electrons. The number of nitrogens with zero attached hydrogens (tertiary/aromatic N) is 1. The number of aliphatic hydroxyl groups is 1. The first-order chi connectivity index (χ1) is 33.0. The van der Waals surface area contributed by atoms with Crippen molar-refractivity contribution in [3.63, 3.8) is 0 Å². The van der Waals surface area contributed by atoms with Gasteiger partial charge in [-0.15, -0.1) is 0 Å². The first kappa shape index (κ1) is 65.4. The number of phosphoric ester groups is 1. The largest absolute Gasteiger partial charge is 0.472 e. The van der Waals surface area contributed by atoms with E-state index >= 15 is 0 Å². The van der Waals surface area contributed by atoms with E-state index in [1.165, 1.54) is 122 Å². The Morgan fingerprint density at radius 2 is 0.912 bits per heavy atom. The van der Waals surface area contributed by atoms with Crippen molar-refractivity contribution in [3.05, 3.63) is 97.2 Å². The van der Waals surface area contributed by atoms with Crippen molar-refractivity contribution in [1.82, 2.24) is 5.32 Å². The molecule has 0 spiro atoms. The molecule has 3 N–H and O–H groups in total. The number of hydrogen-bond donors (Lipinski definition) is 3. The Morgan fingerprint density at radius 3 is 1.35 bits per heavy atom. The van der Waals surface area contributed by atoms with Gasteiger partial charge in [-0.1, -0.05) is 226 Å². The number of quaternary nitrogens is 1. The molecule has 0 aromatic carbocycles. The average molecular weight is 970 g/mol. The highest BCUT2D eigenvalue weighted by Crippen LogP contribution is 2.43. The third-order valence-corrected chi connectivity index (χ3v) is 12.8. The van der Waals surface area contributed by atoms with Crippen molar-refractivity contribution in [2.75, 3.05) is 40.9 Å². The van der Waals surface area contributed by atoms with Gasteiger partial charge in [0.25, 0.3) is 0 Å². The van der Waals surface area contributed by atoms with E-state index < -0.39 is 20.0 Å². The molecule has 0 saturated carbocycles. The van der Waals surface area contributed by atoms with Gasteiger partial charge >= 0.3 is 7.82 Å². The second-order valence-corrected chi connectivity index (χ2v) is 21.0. The molecule has 392 valence electrons. The van der Waals surface area contributed by atoms with E-state index in [9.17, 15) is 19.4 Å². The summed E-state index contributed by atoms with van der Waals surface area (Å²) in [4.78, 5) is 23.1. The van der Waals surface area contributed by atoms with Crippen molar-refractivity contribution in [3.8, 4) is 0 Å². The summed E-state index contributed by atoms with van der Waals surface area (Å²) in [5, 5.41) is 13.8. The van der Waals surface area contributed by atoms with Gasteiger partial charge in [0.1, 0.15) is 13.2 Å². The fourth-order valence-electron chi connectivity index (χ4n) is 7.58. The third-order valence-electron chi connectivity index (χ3n) is 11.9. The number of hydrogen-bond acceptors (Lipinski definition) is 5. The van der Waals surface area contributed by atoms with Crippen molar-refractivity contribution < 1.29 is 32.9 Å². The number of carbonyl (C=O) groups excluding carboxylic acids is 1. The zero-order valence-electron chi connectivity index (χ0n) is 44.6. The maximum absolute atomic E-state index is 12.9. The number of rotatable bonds is 49. The number of likely N-dealkylation sites (N-methyl/N-ethyl adjacent to an activating group) is 1. The van der Waals surface area contributed by atoms with E-state index in [1.54, 1.807) is 6.08 Å². The number of nitrogens with one attached hydrogen (secondary N) is 1. The molecular formula is C59H106N2O6P+. The lowest BCUT2D eigenvalue weighted by molar-refractivity contribution is -0.870. The van der Waals surface area contributed by atoms with Gasteiger partial charge in [0, 0.05) is 6.42 Å². The van der Waals surface area contributed by atoms with Gasteiger partial charge in [-0.05, 0) is 84.0 Å².